The van der Waals surface area contributed by atoms with E-state index >= 15 is 0 Å². The van der Waals surface area contributed by atoms with Crippen molar-refractivity contribution in [2.75, 3.05) is 20.0 Å². The molecule has 0 fully saturated rings. The van der Waals surface area contributed by atoms with Crippen molar-refractivity contribution in [3.63, 3.8) is 0 Å². The van der Waals surface area contributed by atoms with E-state index in [1.54, 1.807) is 43.5 Å². The van der Waals surface area contributed by atoms with Crippen molar-refractivity contribution in [3.05, 3.63) is 52.2 Å². The molecule has 0 bridgehead atoms. The zero-order valence-corrected chi connectivity index (χ0v) is 14.6. The second-order valence-corrected chi connectivity index (χ2v) is 5.80. The first-order valence-electron chi connectivity index (χ1n) is 6.79. The van der Waals surface area contributed by atoms with Crippen molar-refractivity contribution in [1.82, 2.24) is 0 Å². The van der Waals surface area contributed by atoms with Crippen LogP contribution in [-0.2, 0) is 0 Å². The van der Waals surface area contributed by atoms with Crippen LogP contribution in [-0.4, -0.2) is 25.5 Å². The van der Waals surface area contributed by atoms with Gasteiger partial charge >= 0.3 is 0 Å². The van der Waals surface area contributed by atoms with Gasteiger partial charge in [-0.2, -0.15) is 0 Å². The van der Waals surface area contributed by atoms with Crippen LogP contribution in [0.1, 0.15) is 16.1 Å². The lowest BCUT2D eigenvalue weighted by atomic mass is 10.1. The first-order chi connectivity index (χ1) is 11.0. The number of carbonyl (C=O) groups excluding carboxylic acids is 1. The molecule has 126 valence electrons. The summed E-state index contributed by atoms with van der Waals surface area (Å²) in [4.78, 5) is 12.6. The van der Waals surface area contributed by atoms with E-state index in [0.717, 1.165) is 4.47 Å². The number of anilines is 1. The second-order valence-electron chi connectivity index (χ2n) is 4.88. The predicted molar refractivity (Wildman–Crippen MR) is 94.9 cm³/mol. The molecular weight excluding hydrogens is 378 g/mol. The Morgan fingerprint density at radius 3 is 2.38 bits per heavy atom. The lowest BCUT2D eigenvalue weighted by Crippen LogP contribution is -2.02. The molecule has 1 heterocycles. The fraction of sp³-hybridized carbons (Fsp3) is 0.118. The van der Waals surface area contributed by atoms with Gasteiger partial charge in [0.1, 0.15) is 17.1 Å². The Labute approximate surface area is 146 Å². The van der Waals surface area contributed by atoms with Crippen molar-refractivity contribution in [1.29, 1.82) is 0 Å². The van der Waals surface area contributed by atoms with Crippen LogP contribution in [0.2, 0.25) is 0 Å². The summed E-state index contributed by atoms with van der Waals surface area (Å²) < 4.78 is 17.1. The lowest BCUT2D eigenvalue weighted by molar-refractivity contribution is 0.101. The van der Waals surface area contributed by atoms with E-state index in [0.29, 0.717) is 28.0 Å². The largest absolute Gasteiger partial charge is 0.496 e. The quantitative estimate of drug-likeness (QED) is 0.684. The summed E-state index contributed by atoms with van der Waals surface area (Å²) in [6.07, 6.45) is 0. The summed E-state index contributed by atoms with van der Waals surface area (Å²) in [5.41, 5.74) is 7.32. The first-order valence-corrected chi connectivity index (χ1v) is 7.58. The van der Waals surface area contributed by atoms with Gasteiger partial charge in [-0.1, -0.05) is 15.9 Å². The van der Waals surface area contributed by atoms with Crippen LogP contribution in [0.4, 0.5) is 5.69 Å². The van der Waals surface area contributed by atoms with Gasteiger partial charge in [-0.3, -0.25) is 4.79 Å². The first kappa shape index (κ1) is 17.8. The van der Waals surface area contributed by atoms with Gasteiger partial charge in [0.25, 0.3) is 0 Å². The molecule has 3 aromatic rings. The van der Waals surface area contributed by atoms with E-state index < -0.39 is 0 Å². The molecule has 3 rings (SSSR count). The summed E-state index contributed by atoms with van der Waals surface area (Å²) in [6, 6.07) is 10.4. The van der Waals surface area contributed by atoms with Gasteiger partial charge in [-0.25, -0.2) is 0 Å². The molecule has 0 amide bonds. The number of furan rings is 1. The zero-order chi connectivity index (χ0) is 16.6. The number of hydrogen-bond acceptors (Lipinski definition) is 5. The summed E-state index contributed by atoms with van der Waals surface area (Å²) in [7, 11) is 3.07. The molecule has 0 aliphatic carbocycles. The maximum absolute atomic E-state index is 12.6. The van der Waals surface area contributed by atoms with E-state index in [1.807, 2.05) is 0 Å². The summed E-state index contributed by atoms with van der Waals surface area (Å²) in [5, 5.41) is 0.564. The molecule has 24 heavy (non-hydrogen) atoms. The molecule has 1 aromatic heterocycles. The highest BCUT2D eigenvalue weighted by Crippen LogP contribution is 2.39. The minimum atomic E-state index is -0.285. The highest BCUT2D eigenvalue weighted by molar-refractivity contribution is 9.10. The number of ether oxygens (including phenoxy) is 2. The molecule has 4 N–H and O–H groups in total. The van der Waals surface area contributed by atoms with Gasteiger partial charge in [-0.05, 0) is 24.3 Å². The topological polar surface area (TPSA) is 106 Å². The van der Waals surface area contributed by atoms with Crippen LogP contribution in [0.15, 0.2) is 45.3 Å². The molecule has 6 nitrogen and oxygen atoms in total. The number of methoxy groups -OCH3 is 2. The Balaban J connectivity index is 0.00000208. The smallest absolute Gasteiger partial charge is 0.230 e. The van der Waals surface area contributed by atoms with E-state index in [2.05, 4.69) is 15.9 Å². The molecule has 0 atom stereocenters. The number of carbonyl (C=O) groups is 1. The Hall–Kier alpha value is -2.51. The summed E-state index contributed by atoms with van der Waals surface area (Å²) >= 11 is 3.34. The van der Waals surface area contributed by atoms with Crippen LogP contribution >= 0.6 is 15.9 Å². The Morgan fingerprint density at radius 2 is 1.79 bits per heavy atom. The molecule has 7 heteroatoms. The molecular formula is C17H16BrNO5. The van der Waals surface area contributed by atoms with Crippen LogP contribution in [0.3, 0.4) is 0 Å². The number of hydrogen-bond donors (Lipinski definition) is 1. The molecule has 0 saturated heterocycles. The number of nitrogen functional groups attached to an aromatic ring is 1. The lowest BCUT2D eigenvalue weighted by Gasteiger charge is -2.05. The number of halogens is 1. The molecule has 2 aromatic carbocycles. The third kappa shape index (κ3) is 2.95. The molecule has 0 aliphatic heterocycles. The van der Waals surface area contributed by atoms with E-state index in [9.17, 15) is 4.79 Å². The predicted octanol–water partition coefficient (Wildman–Crippen LogP) is 3.20. The van der Waals surface area contributed by atoms with Gasteiger partial charge in [0.05, 0.1) is 25.3 Å². The molecule has 0 aliphatic rings. The van der Waals surface area contributed by atoms with Gasteiger partial charge in [0, 0.05) is 22.2 Å². The van der Waals surface area contributed by atoms with Crippen molar-refractivity contribution in [2.24, 2.45) is 0 Å². The van der Waals surface area contributed by atoms with Crippen molar-refractivity contribution in [3.8, 4) is 11.5 Å². The van der Waals surface area contributed by atoms with Crippen LogP contribution in [0, 0.1) is 0 Å². The minimum Gasteiger partial charge on any atom is -0.496 e. The van der Waals surface area contributed by atoms with E-state index in [1.165, 1.54) is 7.11 Å². The molecule has 0 unspecified atom stereocenters. The molecule has 0 radical (unpaired) electrons. The third-order valence-corrected chi connectivity index (χ3v) is 4.06. The maximum Gasteiger partial charge on any atom is 0.230 e. The van der Waals surface area contributed by atoms with Crippen LogP contribution < -0.4 is 15.2 Å². The third-order valence-electron chi connectivity index (χ3n) is 3.53. The van der Waals surface area contributed by atoms with E-state index in [4.69, 9.17) is 19.6 Å². The molecule has 0 spiro atoms. The van der Waals surface area contributed by atoms with Gasteiger partial charge in [0.2, 0.25) is 5.78 Å². The maximum atomic E-state index is 12.6. The number of fused-ring (bicyclic) bond motifs is 1. The van der Waals surface area contributed by atoms with Gasteiger partial charge < -0.3 is 25.1 Å². The zero-order valence-electron chi connectivity index (χ0n) is 13.1. The highest BCUT2D eigenvalue weighted by Gasteiger charge is 2.23. The van der Waals surface area contributed by atoms with Crippen LogP contribution in [0.5, 0.6) is 11.5 Å². The fourth-order valence-corrected chi connectivity index (χ4v) is 2.63. The molecule has 0 saturated carbocycles. The summed E-state index contributed by atoms with van der Waals surface area (Å²) in [6.45, 7) is 0. The standard InChI is InChI=1S/C17H14BrNO4.H2O/c1-21-11-7-12(22-2)14-13(8-11)23-17(15(14)19)16(20)9-3-5-10(18)6-4-9;/h3-8H,19H2,1-2H3;1H2. The minimum absolute atomic E-state index is 0. The number of ketones is 1. The SMILES string of the molecule is COc1cc(OC)c2c(N)c(C(=O)c3ccc(Br)cc3)oc2c1.O. The van der Waals surface area contributed by atoms with Crippen LogP contribution in [0.25, 0.3) is 11.0 Å². The average molecular weight is 394 g/mol. The highest BCUT2D eigenvalue weighted by atomic mass is 79.9. The summed E-state index contributed by atoms with van der Waals surface area (Å²) in [5.74, 6) is 0.863. The van der Waals surface area contributed by atoms with Gasteiger partial charge in [0.15, 0.2) is 5.76 Å². The fourth-order valence-electron chi connectivity index (χ4n) is 2.37. The van der Waals surface area contributed by atoms with Crippen molar-refractivity contribution < 1.29 is 24.2 Å². The monoisotopic (exact) mass is 393 g/mol. The normalized spacial score (nSPS) is 10.3. The number of benzene rings is 2. The Kier molecular flexibility index (Phi) is 5.16. The van der Waals surface area contributed by atoms with E-state index in [-0.39, 0.29) is 22.7 Å². The van der Waals surface area contributed by atoms with Gasteiger partial charge in [-0.15, -0.1) is 0 Å². The van der Waals surface area contributed by atoms with Crippen molar-refractivity contribution in [2.45, 2.75) is 0 Å². The average Bonchev–Trinajstić information content (AvgIpc) is 2.91. The number of nitrogens with two attached hydrogens (primary N) is 1. The Morgan fingerprint density at radius 1 is 1.12 bits per heavy atom. The second kappa shape index (κ2) is 6.94. The number of rotatable bonds is 4. The van der Waals surface area contributed by atoms with Crippen molar-refractivity contribution >= 4 is 38.4 Å². The Bertz CT molecular complexity index is 886.